The van der Waals surface area contributed by atoms with Gasteiger partial charge in [0.25, 0.3) is 5.91 Å². The Hall–Kier alpha value is -1.62. The van der Waals surface area contributed by atoms with Gasteiger partial charge in [-0.05, 0) is 37.9 Å². The molecule has 1 atom stereocenters. The zero-order valence-corrected chi connectivity index (χ0v) is 10.6. The first kappa shape index (κ1) is 12.8. The summed E-state index contributed by atoms with van der Waals surface area (Å²) in [5, 5.41) is 3.34. The molecule has 5 nitrogen and oxygen atoms in total. The zero-order chi connectivity index (χ0) is 13.0. The lowest BCUT2D eigenvalue weighted by Crippen LogP contribution is -2.39. The van der Waals surface area contributed by atoms with Crippen molar-refractivity contribution in [1.82, 2.24) is 15.2 Å². The van der Waals surface area contributed by atoms with Crippen LogP contribution in [0, 0.1) is 5.92 Å². The van der Waals surface area contributed by atoms with Crippen LogP contribution in [0.25, 0.3) is 0 Å². The third-order valence-electron chi connectivity index (χ3n) is 3.31. The Morgan fingerprint density at radius 2 is 2.33 bits per heavy atom. The number of carbonyl (C=O) groups is 1. The third kappa shape index (κ3) is 3.20. The molecular weight excluding hydrogens is 230 g/mol. The van der Waals surface area contributed by atoms with Gasteiger partial charge in [0.1, 0.15) is 0 Å². The van der Waals surface area contributed by atoms with E-state index in [1.165, 1.54) is 18.7 Å². The van der Waals surface area contributed by atoms with Crippen molar-refractivity contribution in [1.29, 1.82) is 0 Å². The Morgan fingerprint density at radius 3 is 2.94 bits per heavy atom. The van der Waals surface area contributed by atoms with Gasteiger partial charge in [0, 0.05) is 25.9 Å². The van der Waals surface area contributed by atoms with Gasteiger partial charge in [-0.15, -0.1) is 0 Å². The van der Waals surface area contributed by atoms with Gasteiger partial charge in [0.2, 0.25) is 5.56 Å². The van der Waals surface area contributed by atoms with Crippen molar-refractivity contribution in [3.8, 4) is 0 Å². The average molecular weight is 249 g/mol. The van der Waals surface area contributed by atoms with E-state index in [0.717, 1.165) is 26.1 Å². The standard InChI is InChI=1S/C13H19N3O2/c1-16(9-10-3-2-6-14-7-10)13(18)11-4-5-12(17)15-8-11/h4-5,8,10,14H,2-3,6-7,9H2,1H3,(H,15,17). The number of hydrogen-bond donors (Lipinski definition) is 2. The number of pyridine rings is 1. The van der Waals surface area contributed by atoms with Crippen molar-refractivity contribution < 1.29 is 4.79 Å². The van der Waals surface area contributed by atoms with Crippen LogP contribution in [0.4, 0.5) is 0 Å². The van der Waals surface area contributed by atoms with Gasteiger partial charge in [-0.25, -0.2) is 0 Å². The lowest BCUT2D eigenvalue weighted by Gasteiger charge is -2.27. The molecule has 1 aliphatic heterocycles. The van der Waals surface area contributed by atoms with Crippen LogP contribution in [-0.2, 0) is 0 Å². The Labute approximate surface area is 106 Å². The van der Waals surface area contributed by atoms with Crippen LogP contribution < -0.4 is 10.9 Å². The van der Waals surface area contributed by atoms with Crippen molar-refractivity contribution in [3.05, 3.63) is 34.2 Å². The summed E-state index contributed by atoms with van der Waals surface area (Å²) >= 11 is 0. The number of amides is 1. The van der Waals surface area contributed by atoms with E-state index in [-0.39, 0.29) is 11.5 Å². The van der Waals surface area contributed by atoms with Gasteiger partial charge < -0.3 is 15.2 Å². The Morgan fingerprint density at radius 1 is 1.50 bits per heavy atom. The highest BCUT2D eigenvalue weighted by Gasteiger charge is 2.18. The number of hydrogen-bond acceptors (Lipinski definition) is 3. The normalized spacial score (nSPS) is 19.5. The van der Waals surface area contributed by atoms with Crippen molar-refractivity contribution in [2.45, 2.75) is 12.8 Å². The summed E-state index contributed by atoms with van der Waals surface area (Å²) in [5.74, 6) is 0.479. The first-order valence-corrected chi connectivity index (χ1v) is 6.32. The molecule has 1 fully saturated rings. The van der Waals surface area contributed by atoms with Crippen LogP contribution in [0.2, 0.25) is 0 Å². The Bertz CT molecular complexity index is 443. The molecular formula is C13H19N3O2. The fourth-order valence-electron chi connectivity index (χ4n) is 2.31. The first-order valence-electron chi connectivity index (χ1n) is 6.32. The van der Waals surface area contributed by atoms with Crippen molar-refractivity contribution in [3.63, 3.8) is 0 Å². The van der Waals surface area contributed by atoms with Gasteiger partial charge in [-0.1, -0.05) is 0 Å². The first-order chi connectivity index (χ1) is 8.66. The van der Waals surface area contributed by atoms with Gasteiger partial charge >= 0.3 is 0 Å². The molecule has 18 heavy (non-hydrogen) atoms. The zero-order valence-electron chi connectivity index (χ0n) is 10.6. The molecule has 0 spiro atoms. The smallest absolute Gasteiger partial charge is 0.255 e. The summed E-state index contributed by atoms with van der Waals surface area (Å²) < 4.78 is 0. The van der Waals surface area contributed by atoms with Crippen molar-refractivity contribution >= 4 is 5.91 Å². The molecule has 1 amide bonds. The number of aromatic nitrogens is 1. The second-order valence-electron chi connectivity index (χ2n) is 4.84. The highest BCUT2D eigenvalue weighted by Crippen LogP contribution is 2.12. The maximum atomic E-state index is 12.1. The maximum absolute atomic E-state index is 12.1. The van der Waals surface area contributed by atoms with E-state index in [1.807, 2.05) is 7.05 Å². The molecule has 98 valence electrons. The largest absolute Gasteiger partial charge is 0.341 e. The topological polar surface area (TPSA) is 65.2 Å². The summed E-state index contributed by atoms with van der Waals surface area (Å²) in [6, 6.07) is 2.94. The molecule has 0 aromatic carbocycles. The molecule has 2 heterocycles. The van der Waals surface area contributed by atoms with Crippen LogP contribution in [0.5, 0.6) is 0 Å². The molecule has 2 N–H and O–H groups in total. The summed E-state index contributed by atoms with van der Waals surface area (Å²) in [6.45, 7) is 2.81. The monoisotopic (exact) mass is 249 g/mol. The van der Waals surface area contributed by atoms with E-state index in [1.54, 1.807) is 11.0 Å². The molecule has 2 rings (SSSR count). The second-order valence-corrected chi connectivity index (χ2v) is 4.84. The number of piperidine rings is 1. The number of rotatable bonds is 3. The van der Waals surface area contributed by atoms with Crippen LogP contribution in [0.15, 0.2) is 23.1 Å². The van der Waals surface area contributed by atoms with Gasteiger partial charge in [-0.3, -0.25) is 9.59 Å². The lowest BCUT2D eigenvalue weighted by atomic mass is 9.99. The van der Waals surface area contributed by atoms with E-state index in [9.17, 15) is 9.59 Å². The maximum Gasteiger partial charge on any atom is 0.255 e. The molecule has 1 aromatic heterocycles. The quantitative estimate of drug-likeness (QED) is 0.817. The van der Waals surface area contributed by atoms with Crippen LogP contribution in [0.3, 0.4) is 0 Å². The number of carbonyl (C=O) groups excluding carboxylic acids is 1. The number of nitrogens with zero attached hydrogens (tertiary/aromatic N) is 1. The molecule has 1 aliphatic rings. The number of H-pyrrole nitrogens is 1. The minimum Gasteiger partial charge on any atom is -0.341 e. The molecule has 5 heteroatoms. The molecule has 0 radical (unpaired) electrons. The molecule has 1 saturated heterocycles. The fourth-order valence-corrected chi connectivity index (χ4v) is 2.31. The van der Waals surface area contributed by atoms with E-state index in [4.69, 9.17) is 0 Å². The predicted molar refractivity (Wildman–Crippen MR) is 69.6 cm³/mol. The highest BCUT2D eigenvalue weighted by atomic mass is 16.2. The van der Waals surface area contributed by atoms with E-state index in [0.29, 0.717) is 11.5 Å². The Balaban J connectivity index is 1.95. The van der Waals surface area contributed by atoms with Crippen molar-refractivity contribution in [2.24, 2.45) is 5.92 Å². The summed E-state index contributed by atoms with van der Waals surface area (Å²) in [5.41, 5.74) is 0.339. The molecule has 1 unspecified atom stereocenters. The summed E-state index contributed by atoms with van der Waals surface area (Å²) in [6.07, 6.45) is 3.81. The van der Waals surface area contributed by atoms with Gasteiger partial charge in [0.15, 0.2) is 0 Å². The predicted octanol–water partition coefficient (Wildman–Crippen LogP) is 0.447. The van der Waals surface area contributed by atoms with Gasteiger partial charge in [0.05, 0.1) is 5.56 Å². The highest BCUT2D eigenvalue weighted by molar-refractivity contribution is 5.93. The van der Waals surface area contributed by atoms with Crippen LogP contribution in [0.1, 0.15) is 23.2 Å². The van der Waals surface area contributed by atoms with E-state index >= 15 is 0 Å². The summed E-state index contributed by atoms with van der Waals surface area (Å²) in [4.78, 5) is 27.3. The van der Waals surface area contributed by atoms with E-state index < -0.39 is 0 Å². The molecule has 0 bridgehead atoms. The number of nitrogens with one attached hydrogen (secondary N) is 2. The average Bonchev–Trinajstić information content (AvgIpc) is 2.40. The SMILES string of the molecule is CN(CC1CCCNC1)C(=O)c1ccc(=O)[nH]c1. The minimum absolute atomic E-state index is 0.0446. The second kappa shape index (κ2) is 5.82. The van der Waals surface area contributed by atoms with Crippen LogP contribution >= 0.6 is 0 Å². The fraction of sp³-hybridized carbons (Fsp3) is 0.538. The minimum atomic E-state index is -0.189. The lowest BCUT2D eigenvalue weighted by molar-refractivity contribution is 0.0764. The van der Waals surface area contributed by atoms with Crippen LogP contribution in [-0.4, -0.2) is 42.5 Å². The number of aromatic amines is 1. The molecule has 0 aliphatic carbocycles. The van der Waals surface area contributed by atoms with E-state index in [2.05, 4.69) is 10.3 Å². The summed E-state index contributed by atoms with van der Waals surface area (Å²) in [7, 11) is 1.81. The third-order valence-corrected chi connectivity index (χ3v) is 3.31. The van der Waals surface area contributed by atoms with Crippen molar-refractivity contribution in [2.75, 3.05) is 26.7 Å². The molecule has 0 saturated carbocycles. The van der Waals surface area contributed by atoms with Gasteiger partial charge in [-0.2, -0.15) is 0 Å². The molecule has 1 aromatic rings. The Kier molecular flexibility index (Phi) is 4.15.